The summed E-state index contributed by atoms with van der Waals surface area (Å²) in [6, 6.07) is 7.80. The first kappa shape index (κ1) is 16.4. The first-order valence-electron chi connectivity index (χ1n) is 7.82. The Morgan fingerprint density at radius 1 is 1.35 bits per heavy atom. The van der Waals surface area contributed by atoms with Crippen molar-refractivity contribution in [1.82, 2.24) is 9.88 Å². The van der Waals surface area contributed by atoms with Gasteiger partial charge < -0.3 is 5.73 Å². The van der Waals surface area contributed by atoms with Crippen molar-refractivity contribution in [1.29, 1.82) is 0 Å². The molecular formula is C17H20ClN3OS. The monoisotopic (exact) mass is 349 g/mol. The number of benzene rings is 1. The Hall–Kier alpha value is -1.43. The van der Waals surface area contributed by atoms with Crippen molar-refractivity contribution in [3.05, 3.63) is 40.4 Å². The largest absolute Gasteiger partial charge is 0.370 e. The zero-order valence-corrected chi connectivity index (χ0v) is 14.4. The van der Waals surface area contributed by atoms with E-state index < -0.39 is 0 Å². The van der Waals surface area contributed by atoms with E-state index in [9.17, 15) is 4.79 Å². The number of nitrogens with two attached hydrogens (primary N) is 1. The number of carbonyl (C=O) groups is 1. The van der Waals surface area contributed by atoms with Gasteiger partial charge in [0.15, 0.2) is 0 Å². The van der Waals surface area contributed by atoms with Crippen molar-refractivity contribution < 1.29 is 4.79 Å². The molecule has 122 valence electrons. The quantitative estimate of drug-likeness (QED) is 0.898. The third kappa shape index (κ3) is 4.31. The third-order valence-corrected chi connectivity index (χ3v) is 5.49. The molecule has 0 spiro atoms. The molecule has 23 heavy (non-hydrogen) atoms. The molecule has 2 heterocycles. The van der Waals surface area contributed by atoms with E-state index in [4.69, 9.17) is 22.3 Å². The van der Waals surface area contributed by atoms with Gasteiger partial charge in [-0.15, -0.1) is 11.3 Å². The number of amides is 1. The number of carbonyl (C=O) groups excluding carboxylic acids is 1. The van der Waals surface area contributed by atoms with Crippen molar-refractivity contribution in [2.45, 2.75) is 25.8 Å². The second-order valence-corrected chi connectivity index (χ2v) is 7.28. The van der Waals surface area contributed by atoms with Crippen molar-refractivity contribution in [2.75, 3.05) is 13.1 Å². The van der Waals surface area contributed by atoms with Gasteiger partial charge in [0.1, 0.15) is 5.01 Å². The summed E-state index contributed by atoms with van der Waals surface area (Å²) in [7, 11) is 0. The van der Waals surface area contributed by atoms with Crippen molar-refractivity contribution >= 4 is 28.8 Å². The number of hydrogen-bond donors (Lipinski definition) is 1. The van der Waals surface area contributed by atoms with Crippen LogP contribution in [0.2, 0.25) is 5.02 Å². The second-order valence-electron chi connectivity index (χ2n) is 6.01. The molecule has 1 aliphatic rings. The number of primary amides is 1. The fourth-order valence-electron chi connectivity index (χ4n) is 3.00. The lowest BCUT2D eigenvalue weighted by Crippen LogP contribution is -2.34. The summed E-state index contributed by atoms with van der Waals surface area (Å²) < 4.78 is 0. The normalized spacial score (nSPS) is 16.6. The second kappa shape index (κ2) is 7.43. The molecule has 0 aliphatic carbocycles. The molecule has 1 aromatic heterocycles. The number of halogens is 1. The Balaban J connectivity index is 1.58. The first-order chi connectivity index (χ1) is 11.1. The van der Waals surface area contributed by atoms with Gasteiger partial charge in [0.2, 0.25) is 5.91 Å². The SMILES string of the molecule is NC(=O)CC1CCN(Cc2csc(-c3ccccc3Cl)n2)CC1. The van der Waals surface area contributed by atoms with Gasteiger partial charge in [-0.1, -0.05) is 29.8 Å². The highest BCUT2D eigenvalue weighted by Crippen LogP contribution is 2.30. The molecule has 0 unspecified atom stereocenters. The van der Waals surface area contributed by atoms with E-state index in [1.165, 1.54) is 0 Å². The van der Waals surface area contributed by atoms with Gasteiger partial charge in [-0.3, -0.25) is 9.69 Å². The molecule has 2 aromatic rings. The van der Waals surface area contributed by atoms with E-state index in [-0.39, 0.29) is 5.91 Å². The molecule has 1 amide bonds. The number of piperidine rings is 1. The fourth-order valence-corrected chi connectivity index (χ4v) is 4.13. The summed E-state index contributed by atoms with van der Waals surface area (Å²) in [5, 5.41) is 3.81. The maximum absolute atomic E-state index is 11.0. The Labute approximate surface area is 145 Å². The fraction of sp³-hybridized carbons (Fsp3) is 0.412. The summed E-state index contributed by atoms with van der Waals surface area (Å²) in [5.41, 5.74) is 7.35. The van der Waals surface area contributed by atoms with Crippen LogP contribution in [0, 0.1) is 5.92 Å². The highest BCUT2D eigenvalue weighted by Gasteiger charge is 2.21. The summed E-state index contributed by atoms with van der Waals surface area (Å²) >= 11 is 7.87. The van der Waals surface area contributed by atoms with Crippen LogP contribution in [0.3, 0.4) is 0 Å². The van der Waals surface area contributed by atoms with Crippen LogP contribution in [0.1, 0.15) is 25.0 Å². The Bertz CT molecular complexity index is 680. The Morgan fingerprint density at radius 3 is 2.78 bits per heavy atom. The number of likely N-dealkylation sites (tertiary alicyclic amines) is 1. The third-order valence-electron chi connectivity index (χ3n) is 4.24. The molecular weight excluding hydrogens is 330 g/mol. The Morgan fingerprint density at radius 2 is 2.09 bits per heavy atom. The first-order valence-corrected chi connectivity index (χ1v) is 9.07. The van der Waals surface area contributed by atoms with Crippen molar-refractivity contribution in [3.63, 3.8) is 0 Å². The minimum Gasteiger partial charge on any atom is -0.370 e. The molecule has 0 radical (unpaired) electrons. The number of rotatable bonds is 5. The van der Waals surface area contributed by atoms with Gasteiger partial charge in [0.25, 0.3) is 0 Å². The predicted octanol–water partition coefficient (Wildman–Crippen LogP) is 3.55. The lowest BCUT2D eigenvalue weighted by molar-refractivity contribution is -0.119. The van der Waals surface area contributed by atoms with E-state index >= 15 is 0 Å². The van der Waals surface area contributed by atoms with Crippen LogP contribution >= 0.6 is 22.9 Å². The zero-order chi connectivity index (χ0) is 16.2. The number of hydrogen-bond acceptors (Lipinski definition) is 4. The highest BCUT2D eigenvalue weighted by molar-refractivity contribution is 7.13. The molecule has 4 nitrogen and oxygen atoms in total. The summed E-state index contributed by atoms with van der Waals surface area (Å²) in [4.78, 5) is 18.1. The van der Waals surface area contributed by atoms with Crippen LogP contribution < -0.4 is 5.73 Å². The maximum Gasteiger partial charge on any atom is 0.217 e. The van der Waals surface area contributed by atoms with Crippen LogP contribution in [-0.4, -0.2) is 28.9 Å². The molecule has 1 aromatic carbocycles. The van der Waals surface area contributed by atoms with Gasteiger partial charge in [-0.25, -0.2) is 4.98 Å². The highest BCUT2D eigenvalue weighted by atomic mass is 35.5. The molecule has 0 bridgehead atoms. The van der Waals surface area contributed by atoms with Crippen LogP contribution in [0.4, 0.5) is 0 Å². The van der Waals surface area contributed by atoms with Gasteiger partial charge >= 0.3 is 0 Å². The molecule has 0 saturated carbocycles. The lowest BCUT2D eigenvalue weighted by atomic mass is 9.93. The molecule has 3 rings (SSSR count). The van der Waals surface area contributed by atoms with Crippen LogP contribution in [0.5, 0.6) is 0 Å². The minimum absolute atomic E-state index is 0.188. The smallest absolute Gasteiger partial charge is 0.217 e. The number of thiazole rings is 1. The van der Waals surface area contributed by atoms with Crippen molar-refractivity contribution in [2.24, 2.45) is 11.7 Å². The molecule has 1 fully saturated rings. The van der Waals surface area contributed by atoms with Crippen LogP contribution in [0.15, 0.2) is 29.6 Å². The van der Waals surface area contributed by atoms with Gasteiger partial charge in [-0.2, -0.15) is 0 Å². The van der Waals surface area contributed by atoms with E-state index in [0.29, 0.717) is 12.3 Å². The topological polar surface area (TPSA) is 59.2 Å². The molecule has 1 aliphatic heterocycles. The van der Waals surface area contributed by atoms with Crippen LogP contribution in [-0.2, 0) is 11.3 Å². The van der Waals surface area contributed by atoms with E-state index in [2.05, 4.69) is 10.3 Å². The van der Waals surface area contributed by atoms with Gasteiger partial charge in [-0.05, 0) is 37.9 Å². The average molecular weight is 350 g/mol. The molecule has 2 N–H and O–H groups in total. The summed E-state index contributed by atoms with van der Waals surface area (Å²) in [6.07, 6.45) is 2.58. The van der Waals surface area contributed by atoms with Gasteiger partial charge in [0, 0.05) is 23.9 Å². The zero-order valence-electron chi connectivity index (χ0n) is 12.9. The standard InChI is InChI=1S/C17H20ClN3OS/c18-15-4-2-1-3-14(15)17-20-13(11-23-17)10-21-7-5-12(6-8-21)9-16(19)22/h1-4,11-12H,5-10H2,(H2,19,22). The Kier molecular flexibility index (Phi) is 5.30. The minimum atomic E-state index is -0.188. The predicted molar refractivity (Wildman–Crippen MR) is 94.4 cm³/mol. The van der Waals surface area contributed by atoms with E-state index in [1.54, 1.807) is 11.3 Å². The number of nitrogens with zero attached hydrogens (tertiary/aromatic N) is 2. The van der Waals surface area contributed by atoms with Crippen LogP contribution in [0.25, 0.3) is 10.6 Å². The van der Waals surface area contributed by atoms with Gasteiger partial charge in [0.05, 0.1) is 10.7 Å². The maximum atomic E-state index is 11.0. The summed E-state index contributed by atoms with van der Waals surface area (Å²) in [5.74, 6) is 0.255. The van der Waals surface area contributed by atoms with Crippen molar-refractivity contribution in [3.8, 4) is 10.6 Å². The molecule has 0 atom stereocenters. The lowest BCUT2D eigenvalue weighted by Gasteiger charge is -2.30. The molecule has 1 saturated heterocycles. The summed E-state index contributed by atoms with van der Waals surface area (Å²) in [6.45, 7) is 2.85. The van der Waals surface area contributed by atoms with E-state index in [0.717, 1.165) is 53.8 Å². The molecule has 6 heteroatoms. The van der Waals surface area contributed by atoms with E-state index in [1.807, 2.05) is 24.3 Å². The average Bonchev–Trinajstić information content (AvgIpc) is 2.97. The number of aromatic nitrogens is 1.